The molecule has 2 aromatic rings. The van der Waals surface area contributed by atoms with Crippen molar-refractivity contribution in [3.05, 3.63) is 59.2 Å². The first-order valence-corrected chi connectivity index (χ1v) is 8.98. The Bertz CT molecular complexity index is 843. The fourth-order valence-corrected chi connectivity index (χ4v) is 3.58. The standard InChI is InChI=1S/C21H23F5O3/c1-4-9-20(27,14-6-8-18(29-3)16(24)11-14)19(21(25,26)12-22)13-5-7-17(28-2)15(23)10-13/h5-8,10-11,19,27H,4,9,12H2,1-3H3. The highest BCUT2D eigenvalue weighted by Gasteiger charge is 2.53. The zero-order chi connectivity index (χ0) is 21.8. The predicted octanol–water partition coefficient (Wildman–Crippen LogP) is 5.36. The van der Waals surface area contributed by atoms with Crippen molar-refractivity contribution >= 4 is 0 Å². The maximum Gasteiger partial charge on any atom is 0.285 e. The van der Waals surface area contributed by atoms with Crippen molar-refractivity contribution in [2.75, 3.05) is 20.9 Å². The molecule has 2 rings (SSSR count). The number of hydrogen-bond donors (Lipinski definition) is 1. The third-order valence-electron chi connectivity index (χ3n) is 4.87. The van der Waals surface area contributed by atoms with E-state index in [0.29, 0.717) is 0 Å². The van der Waals surface area contributed by atoms with Crippen molar-refractivity contribution in [2.45, 2.75) is 37.2 Å². The van der Waals surface area contributed by atoms with Gasteiger partial charge >= 0.3 is 0 Å². The number of alkyl halides is 3. The van der Waals surface area contributed by atoms with Gasteiger partial charge in [-0.25, -0.2) is 22.0 Å². The van der Waals surface area contributed by atoms with Gasteiger partial charge in [-0.2, -0.15) is 0 Å². The Morgan fingerprint density at radius 1 is 0.966 bits per heavy atom. The Kier molecular flexibility index (Phi) is 7.11. The van der Waals surface area contributed by atoms with Crippen LogP contribution in [0.3, 0.4) is 0 Å². The van der Waals surface area contributed by atoms with E-state index in [2.05, 4.69) is 0 Å². The van der Waals surface area contributed by atoms with Gasteiger partial charge in [0.15, 0.2) is 29.8 Å². The van der Waals surface area contributed by atoms with Crippen LogP contribution in [-0.2, 0) is 5.60 Å². The zero-order valence-corrected chi connectivity index (χ0v) is 16.3. The Labute approximate surface area is 166 Å². The highest BCUT2D eigenvalue weighted by molar-refractivity contribution is 5.39. The summed E-state index contributed by atoms with van der Waals surface area (Å²) in [6, 6.07) is 6.32. The fourth-order valence-electron chi connectivity index (χ4n) is 3.58. The number of benzene rings is 2. The minimum absolute atomic E-state index is 0.142. The lowest BCUT2D eigenvalue weighted by Crippen LogP contribution is -2.45. The van der Waals surface area contributed by atoms with E-state index in [4.69, 9.17) is 9.47 Å². The molecule has 0 radical (unpaired) electrons. The van der Waals surface area contributed by atoms with Crippen molar-refractivity contribution in [3.63, 3.8) is 0 Å². The van der Waals surface area contributed by atoms with Crippen LogP contribution in [0.5, 0.6) is 11.5 Å². The van der Waals surface area contributed by atoms with Gasteiger partial charge in [0.05, 0.1) is 20.1 Å². The smallest absolute Gasteiger partial charge is 0.285 e. The molecule has 3 nitrogen and oxygen atoms in total. The van der Waals surface area contributed by atoms with Gasteiger partial charge in [0.25, 0.3) is 5.92 Å². The molecule has 2 aromatic carbocycles. The lowest BCUT2D eigenvalue weighted by atomic mass is 9.71. The Hall–Kier alpha value is -2.35. The predicted molar refractivity (Wildman–Crippen MR) is 98.4 cm³/mol. The maximum absolute atomic E-state index is 14.8. The van der Waals surface area contributed by atoms with Gasteiger partial charge < -0.3 is 14.6 Å². The average Bonchev–Trinajstić information content (AvgIpc) is 2.68. The summed E-state index contributed by atoms with van der Waals surface area (Å²) in [5.74, 6) is -8.37. The van der Waals surface area contributed by atoms with Gasteiger partial charge in [0.2, 0.25) is 0 Å². The van der Waals surface area contributed by atoms with Gasteiger partial charge in [0, 0.05) is 0 Å². The van der Waals surface area contributed by atoms with Crippen molar-refractivity contribution in [3.8, 4) is 11.5 Å². The Morgan fingerprint density at radius 3 is 1.97 bits per heavy atom. The molecule has 0 saturated carbocycles. The summed E-state index contributed by atoms with van der Waals surface area (Å²) >= 11 is 0. The van der Waals surface area contributed by atoms with Gasteiger partial charge in [0.1, 0.15) is 5.60 Å². The van der Waals surface area contributed by atoms with Crippen molar-refractivity contribution < 1.29 is 36.5 Å². The summed E-state index contributed by atoms with van der Waals surface area (Å²) in [5.41, 5.74) is -2.90. The summed E-state index contributed by atoms with van der Waals surface area (Å²) in [7, 11) is 2.44. The average molecular weight is 418 g/mol. The lowest BCUT2D eigenvalue weighted by molar-refractivity contribution is -0.132. The molecule has 2 unspecified atom stereocenters. The second kappa shape index (κ2) is 8.98. The third kappa shape index (κ3) is 4.47. The first-order chi connectivity index (χ1) is 13.6. The SMILES string of the molecule is CCCC(O)(c1ccc(OC)c(F)c1)C(c1ccc(OC)c(F)c1)C(F)(F)CF. The minimum atomic E-state index is -4.05. The number of halogens is 5. The van der Waals surface area contributed by atoms with Gasteiger partial charge in [-0.1, -0.05) is 25.5 Å². The van der Waals surface area contributed by atoms with E-state index in [1.165, 1.54) is 26.4 Å². The van der Waals surface area contributed by atoms with Crippen LogP contribution in [0.2, 0.25) is 0 Å². The molecule has 1 N–H and O–H groups in total. The molecule has 0 aliphatic heterocycles. The normalized spacial score (nSPS) is 14.9. The van der Waals surface area contributed by atoms with E-state index in [1.54, 1.807) is 6.92 Å². The lowest BCUT2D eigenvalue weighted by Gasteiger charge is -2.40. The highest BCUT2D eigenvalue weighted by Crippen LogP contribution is 2.50. The van der Waals surface area contributed by atoms with Crippen molar-refractivity contribution in [1.29, 1.82) is 0 Å². The Balaban J connectivity index is 2.73. The second-order valence-corrected chi connectivity index (χ2v) is 6.75. The van der Waals surface area contributed by atoms with E-state index in [9.17, 15) is 27.1 Å². The van der Waals surface area contributed by atoms with Crippen LogP contribution in [0, 0.1) is 11.6 Å². The molecule has 0 amide bonds. The molecule has 160 valence electrons. The summed E-state index contributed by atoms with van der Waals surface area (Å²) in [5, 5.41) is 11.4. The minimum Gasteiger partial charge on any atom is -0.494 e. The van der Waals surface area contributed by atoms with E-state index in [-0.39, 0.29) is 35.5 Å². The van der Waals surface area contributed by atoms with E-state index < -0.39 is 35.8 Å². The topological polar surface area (TPSA) is 38.7 Å². The maximum atomic E-state index is 14.8. The molecule has 0 aromatic heterocycles. The molecular formula is C21H23F5O3. The van der Waals surface area contributed by atoms with Crippen LogP contribution in [0.15, 0.2) is 36.4 Å². The zero-order valence-electron chi connectivity index (χ0n) is 16.3. The molecular weight excluding hydrogens is 395 g/mol. The van der Waals surface area contributed by atoms with Crippen molar-refractivity contribution in [2.24, 2.45) is 0 Å². The molecule has 0 aliphatic carbocycles. The molecule has 0 fully saturated rings. The van der Waals surface area contributed by atoms with Crippen LogP contribution >= 0.6 is 0 Å². The first kappa shape index (κ1) is 22.9. The fraction of sp³-hybridized carbons (Fsp3) is 0.429. The van der Waals surface area contributed by atoms with Gasteiger partial charge in [-0.15, -0.1) is 0 Å². The van der Waals surface area contributed by atoms with Crippen LogP contribution in [-0.4, -0.2) is 31.9 Å². The van der Waals surface area contributed by atoms with Crippen LogP contribution in [0.25, 0.3) is 0 Å². The summed E-state index contributed by atoms with van der Waals surface area (Å²) in [6.45, 7) is -0.458. The number of ether oxygens (including phenoxy) is 2. The first-order valence-electron chi connectivity index (χ1n) is 8.98. The molecule has 8 heteroatoms. The number of hydrogen-bond acceptors (Lipinski definition) is 3. The molecule has 0 heterocycles. The number of aliphatic hydroxyl groups is 1. The van der Waals surface area contributed by atoms with E-state index in [1.807, 2.05) is 0 Å². The van der Waals surface area contributed by atoms with Crippen LogP contribution < -0.4 is 9.47 Å². The molecule has 0 aliphatic rings. The third-order valence-corrected chi connectivity index (χ3v) is 4.87. The number of rotatable bonds is 9. The Morgan fingerprint density at radius 2 is 1.52 bits per heavy atom. The summed E-state index contributed by atoms with van der Waals surface area (Å²) in [4.78, 5) is 0. The second-order valence-electron chi connectivity index (χ2n) is 6.75. The van der Waals surface area contributed by atoms with E-state index >= 15 is 0 Å². The molecule has 2 atom stereocenters. The van der Waals surface area contributed by atoms with Crippen LogP contribution in [0.1, 0.15) is 36.8 Å². The van der Waals surface area contributed by atoms with E-state index in [0.717, 1.165) is 24.3 Å². The monoisotopic (exact) mass is 418 g/mol. The summed E-state index contributed by atoms with van der Waals surface area (Å²) in [6.07, 6.45) is -0.0195. The molecule has 0 bridgehead atoms. The molecule has 29 heavy (non-hydrogen) atoms. The quantitative estimate of drug-likeness (QED) is 0.558. The number of methoxy groups -OCH3 is 2. The molecule has 0 spiro atoms. The van der Waals surface area contributed by atoms with Crippen molar-refractivity contribution in [1.82, 2.24) is 0 Å². The molecule has 0 saturated heterocycles. The highest BCUT2D eigenvalue weighted by atomic mass is 19.3. The van der Waals surface area contributed by atoms with Gasteiger partial charge in [-0.05, 0) is 41.8 Å². The largest absolute Gasteiger partial charge is 0.494 e. The van der Waals surface area contributed by atoms with Crippen LogP contribution in [0.4, 0.5) is 22.0 Å². The van der Waals surface area contributed by atoms with Gasteiger partial charge in [-0.3, -0.25) is 0 Å². The summed E-state index contributed by atoms with van der Waals surface area (Å²) < 4.78 is 81.0.